The summed E-state index contributed by atoms with van der Waals surface area (Å²) in [5.41, 5.74) is 1.83. The van der Waals surface area contributed by atoms with E-state index >= 15 is 0 Å². The molecule has 0 aliphatic carbocycles. The van der Waals surface area contributed by atoms with Crippen LogP contribution in [-0.4, -0.2) is 10.1 Å². The number of pyridine rings is 1. The van der Waals surface area contributed by atoms with Crippen LogP contribution >= 0.6 is 11.3 Å². The molecule has 2 rings (SSSR count). The van der Waals surface area contributed by atoms with Crippen molar-refractivity contribution in [3.8, 4) is 0 Å². The summed E-state index contributed by atoms with van der Waals surface area (Å²) in [6.45, 7) is 2.00. The highest BCUT2D eigenvalue weighted by Gasteiger charge is 2.14. The molecule has 2 aromatic rings. The molecule has 0 spiro atoms. The molecule has 3 heteroatoms. The van der Waals surface area contributed by atoms with Crippen molar-refractivity contribution in [3.63, 3.8) is 0 Å². The lowest BCUT2D eigenvalue weighted by molar-refractivity contribution is 0.218. The number of rotatable bonds is 2. The Bertz CT molecular complexity index is 410. The molecule has 1 atom stereocenters. The third-order valence-electron chi connectivity index (χ3n) is 2.12. The van der Waals surface area contributed by atoms with Crippen LogP contribution in [0.15, 0.2) is 35.8 Å². The smallest absolute Gasteiger partial charge is 0.130 e. The van der Waals surface area contributed by atoms with Gasteiger partial charge in [0.05, 0.1) is 5.69 Å². The molecule has 0 aliphatic rings. The number of hydrogen-bond donors (Lipinski definition) is 1. The number of thiophene rings is 1. The number of aryl methyl sites for hydroxylation is 1. The highest BCUT2D eigenvalue weighted by Crippen LogP contribution is 2.27. The van der Waals surface area contributed by atoms with Crippen LogP contribution in [0.25, 0.3) is 0 Å². The molecular formula is C11H11NOS. The first-order valence-electron chi connectivity index (χ1n) is 4.42. The third kappa shape index (κ3) is 1.69. The lowest BCUT2D eigenvalue weighted by atomic mass is 10.1. The van der Waals surface area contributed by atoms with Gasteiger partial charge >= 0.3 is 0 Å². The second-order valence-corrected chi connectivity index (χ2v) is 4.07. The average molecular weight is 205 g/mol. The maximum atomic E-state index is 10.0. The molecule has 2 heterocycles. The zero-order valence-electron chi connectivity index (χ0n) is 7.84. The van der Waals surface area contributed by atoms with Crippen LogP contribution in [0.3, 0.4) is 0 Å². The van der Waals surface area contributed by atoms with Crippen molar-refractivity contribution >= 4 is 11.3 Å². The van der Waals surface area contributed by atoms with E-state index in [1.54, 1.807) is 17.5 Å². The van der Waals surface area contributed by atoms with Gasteiger partial charge in [-0.15, -0.1) is 11.3 Å². The summed E-state index contributed by atoms with van der Waals surface area (Å²) >= 11 is 1.56. The standard InChI is InChI=1S/C11H11NOS/c1-8-5-7-14-11(8)10(13)9-4-2-3-6-12-9/h2-7,10,13H,1H3/t10-/m0/s1. The fraction of sp³-hybridized carbons (Fsp3) is 0.182. The number of aromatic nitrogens is 1. The molecular weight excluding hydrogens is 194 g/mol. The van der Waals surface area contributed by atoms with Crippen molar-refractivity contribution in [1.82, 2.24) is 4.98 Å². The second-order valence-electron chi connectivity index (χ2n) is 3.13. The Morgan fingerprint density at radius 2 is 2.21 bits per heavy atom. The molecule has 2 aromatic heterocycles. The predicted octanol–water partition coefficient (Wildman–Crippen LogP) is 2.53. The van der Waals surface area contributed by atoms with Gasteiger partial charge in [0.25, 0.3) is 0 Å². The normalized spacial score (nSPS) is 12.7. The molecule has 0 saturated carbocycles. The first-order valence-corrected chi connectivity index (χ1v) is 5.30. The van der Waals surface area contributed by atoms with Gasteiger partial charge in [0.2, 0.25) is 0 Å². The summed E-state index contributed by atoms with van der Waals surface area (Å²) in [7, 11) is 0. The lowest BCUT2D eigenvalue weighted by Crippen LogP contribution is -2.00. The van der Waals surface area contributed by atoms with Crippen molar-refractivity contribution < 1.29 is 5.11 Å². The predicted molar refractivity (Wildman–Crippen MR) is 57.4 cm³/mol. The fourth-order valence-corrected chi connectivity index (χ4v) is 2.26. The van der Waals surface area contributed by atoms with Crippen LogP contribution in [0.2, 0.25) is 0 Å². The van der Waals surface area contributed by atoms with Gasteiger partial charge in [-0.05, 0) is 36.1 Å². The largest absolute Gasteiger partial charge is 0.381 e. The van der Waals surface area contributed by atoms with Crippen molar-refractivity contribution in [2.75, 3.05) is 0 Å². The maximum Gasteiger partial charge on any atom is 0.130 e. The van der Waals surface area contributed by atoms with Crippen LogP contribution in [0.1, 0.15) is 22.2 Å². The molecule has 14 heavy (non-hydrogen) atoms. The van der Waals surface area contributed by atoms with E-state index in [1.165, 1.54) is 0 Å². The summed E-state index contributed by atoms with van der Waals surface area (Å²) in [6, 6.07) is 7.57. The third-order valence-corrected chi connectivity index (χ3v) is 3.19. The Balaban J connectivity index is 2.34. The van der Waals surface area contributed by atoms with E-state index in [2.05, 4.69) is 4.98 Å². The van der Waals surface area contributed by atoms with Crippen LogP contribution in [0.5, 0.6) is 0 Å². The molecule has 0 radical (unpaired) electrons. The van der Waals surface area contributed by atoms with Gasteiger partial charge in [-0.2, -0.15) is 0 Å². The molecule has 0 amide bonds. The van der Waals surface area contributed by atoms with Gasteiger partial charge in [0.1, 0.15) is 6.10 Å². The van der Waals surface area contributed by atoms with Crippen molar-refractivity contribution in [2.24, 2.45) is 0 Å². The van der Waals surface area contributed by atoms with E-state index in [1.807, 2.05) is 36.6 Å². The van der Waals surface area contributed by atoms with Crippen LogP contribution in [0.4, 0.5) is 0 Å². The van der Waals surface area contributed by atoms with E-state index < -0.39 is 6.10 Å². The molecule has 0 unspecified atom stereocenters. The Morgan fingerprint density at radius 3 is 2.79 bits per heavy atom. The maximum absolute atomic E-state index is 10.0. The lowest BCUT2D eigenvalue weighted by Gasteiger charge is -2.08. The number of hydrogen-bond acceptors (Lipinski definition) is 3. The highest BCUT2D eigenvalue weighted by molar-refractivity contribution is 7.10. The van der Waals surface area contributed by atoms with Gasteiger partial charge in [0, 0.05) is 11.1 Å². The minimum absolute atomic E-state index is 0.587. The van der Waals surface area contributed by atoms with Gasteiger partial charge in [-0.25, -0.2) is 0 Å². The highest BCUT2D eigenvalue weighted by atomic mass is 32.1. The zero-order valence-corrected chi connectivity index (χ0v) is 8.66. The molecule has 72 valence electrons. The Labute approximate surface area is 86.9 Å². The first kappa shape index (κ1) is 9.37. The molecule has 0 bridgehead atoms. The summed E-state index contributed by atoms with van der Waals surface area (Å²) < 4.78 is 0. The minimum Gasteiger partial charge on any atom is -0.381 e. The number of aliphatic hydroxyl groups is 1. The minimum atomic E-state index is -0.587. The summed E-state index contributed by atoms with van der Waals surface area (Å²) in [6.07, 6.45) is 1.11. The Hall–Kier alpha value is -1.19. The Morgan fingerprint density at radius 1 is 1.36 bits per heavy atom. The molecule has 1 N–H and O–H groups in total. The molecule has 0 fully saturated rings. The second kappa shape index (κ2) is 3.90. The van der Waals surface area contributed by atoms with Gasteiger partial charge in [-0.1, -0.05) is 6.07 Å². The van der Waals surface area contributed by atoms with Gasteiger partial charge in [0.15, 0.2) is 0 Å². The first-order chi connectivity index (χ1) is 6.79. The van der Waals surface area contributed by atoms with Crippen molar-refractivity contribution in [1.29, 1.82) is 0 Å². The average Bonchev–Trinajstić information content (AvgIpc) is 2.65. The zero-order chi connectivity index (χ0) is 9.97. The van der Waals surface area contributed by atoms with E-state index in [-0.39, 0.29) is 0 Å². The van der Waals surface area contributed by atoms with Crippen LogP contribution in [0, 0.1) is 6.92 Å². The molecule has 0 aliphatic heterocycles. The molecule has 2 nitrogen and oxygen atoms in total. The topological polar surface area (TPSA) is 33.1 Å². The van der Waals surface area contributed by atoms with Crippen LogP contribution < -0.4 is 0 Å². The van der Waals surface area contributed by atoms with Crippen molar-refractivity contribution in [2.45, 2.75) is 13.0 Å². The summed E-state index contributed by atoms with van der Waals surface area (Å²) in [5.74, 6) is 0. The Kier molecular flexibility index (Phi) is 2.61. The monoisotopic (exact) mass is 205 g/mol. The van der Waals surface area contributed by atoms with E-state index in [9.17, 15) is 5.11 Å². The fourth-order valence-electron chi connectivity index (χ4n) is 1.34. The van der Waals surface area contributed by atoms with Crippen molar-refractivity contribution in [3.05, 3.63) is 52.0 Å². The number of nitrogens with zero attached hydrogens (tertiary/aromatic N) is 1. The summed E-state index contributed by atoms with van der Waals surface area (Å²) in [4.78, 5) is 5.11. The SMILES string of the molecule is Cc1ccsc1[C@@H](O)c1ccccn1. The van der Waals surface area contributed by atoms with Gasteiger partial charge in [-0.3, -0.25) is 4.98 Å². The summed E-state index contributed by atoms with van der Waals surface area (Å²) in [5, 5.41) is 12.0. The van der Waals surface area contributed by atoms with Gasteiger partial charge < -0.3 is 5.11 Å². The van der Waals surface area contributed by atoms with E-state index in [0.29, 0.717) is 5.69 Å². The molecule has 0 aromatic carbocycles. The number of aliphatic hydroxyl groups excluding tert-OH is 1. The van der Waals surface area contributed by atoms with E-state index in [4.69, 9.17) is 0 Å². The van der Waals surface area contributed by atoms with E-state index in [0.717, 1.165) is 10.4 Å². The van der Waals surface area contributed by atoms with Crippen LogP contribution in [-0.2, 0) is 0 Å². The quantitative estimate of drug-likeness (QED) is 0.817. The molecule has 0 saturated heterocycles.